The molecule has 1 heterocycles. The van der Waals surface area contributed by atoms with Crippen LogP contribution in [-0.2, 0) is 11.3 Å². The first-order valence-electron chi connectivity index (χ1n) is 8.46. The highest BCUT2D eigenvalue weighted by Crippen LogP contribution is 2.19. The molecule has 2 N–H and O–H groups in total. The van der Waals surface area contributed by atoms with Crippen molar-refractivity contribution < 1.29 is 9.59 Å². The van der Waals surface area contributed by atoms with E-state index in [1.54, 1.807) is 59.4 Å². The topological polar surface area (TPSA) is 76.0 Å². The highest BCUT2D eigenvalue weighted by atomic mass is 35.5. The third-order valence-electron chi connectivity index (χ3n) is 3.88. The Hall–Kier alpha value is -3.12. The average molecular weight is 383 g/mol. The summed E-state index contributed by atoms with van der Waals surface area (Å²) in [6.07, 6.45) is 3.88. The van der Waals surface area contributed by atoms with Crippen LogP contribution in [0.2, 0.25) is 5.02 Å². The summed E-state index contributed by atoms with van der Waals surface area (Å²) in [6.45, 7) is 2.41. The number of para-hydroxylation sites is 1. The van der Waals surface area contributed by atoms with E-state index in [9.17, 15) is 9.59 Å². The summed E-state index contributed by atoms with van der Waals surface area (Å²) in [4.78, 5) is 24.8. The van der Waals surface area contributed by atoms with Crippen LogP contribution in [0.3, 0.4) is 0 Å². The molecule has 7 heteroatoms. The second-order valence-corrected chi connectivity index (χ2v) is 6.52. The van der Waals surface area contributed by atoms with E-state index in [0.717, 1.165) is 5.56 Å². The number of nitrogens with one attached hydrogen (secondary N) is 2. The zero-order valence-electron chi connectivity index (χ0n) is 14.8. The van der Waals surface area contributed by atoms with Crippen LogP contribution >= 0.6 is 11.6 Å². The minimum absolute atomic E-state index is 0.185. The lowest BCUT2D eigenvalue weighted by molar-refractivity contribution is -0.116. The van der Waals surface area contributed by atoms with Crippen LogP contribution in [0.1, 0.15) is 22.3 Å². The van der Waals surface area contributed by atoms with Crippen LogP contribution in [0.15, 0.2) is 60.9 Å². The second kappa shape index (κ2) is 8.51. The number of hydrogen-bond donors (Lipinski definition) is 2. The van der Waals surface area contributed by atoms with Crippen LogP contribution in [0.25, 0.3) is 0 Å². The van der Waals surface area contributed by atoms with Crippen LogP contribution in [-0.4, -0.2) is 21.6 Å². The van der Waals surface area contributed by atoms with Gasteiger partial charge in [-0.1, -0.05) is 23.7 Å². The molecule has 0 aliphatic rings. The van der Waals surface area contributed by atoms with Crippen molar-refractivity contribution in [3.8, 4) is 0 Å². The predicted molar refractivity (Wildman–Crippen MR) is 106 cm³/mol. The zero-order chi connectivity index (χ0) is 19.2. The maximum Gasteiger partial charge on any atom is 0.257 e. The number of amides is 2. The van der Waals surface area contributed by atoms with Gasteiger partial charge in [-0.25, -0.2) is 0 Å². The van der Waals surface area contributed by atoms with E-state index < -0.39 is 0 Å². The lowest BCUT2D eigenvalue weighted by atomic mass is 10.1. The molecule has 0 fully saturated rings. The van der Waals surface area contributed by atoms with E-state index in [0.29, 0.717) is 28.5 Å². The lowest BCUT2D eigenvalue weighted by Gasteiger charge is -2.11. The van der Waals surface area contributed by atoms with Crippen LogP contribution < -0.4 is 10.6 Å². The van der Waals surface area contributed by atoms with E-state index in [2.05, 4.69) is 15.7 Å². The third kappa shape index (κ3) is 5.18. The Morgan fingerprint density at radius 3 is 2.52 bits per heavy atom. The van der Waals surface area contributed by atoms with E-state index >= 15 is 0 Å². The molecule has 6 nitrogen and oxygen atoms in total. The van der Waals surface area contributed by atoms with Gasteiger partial charge >= 0.3 is 0 Å². The number of benzene rings is 2. The summed E-state index contributed by atoms with van der Waals surface area (Å²) in [5.74, 6) is -0.495. The second-order valence-electron chi connectivity index (χ2n) is 6.09. The summed E-state index contributed by atoms with van der Waals surface area (Å²) in [6, 6.07) is 13.7. The molecule has 0 atom stereocenters. The molecule has 0 bridgehead atoms. The monoisotopic (exact) mass is 382 g/mol. The van der Waals surface area contributed by atoms with Gasteiger partial charge in [0.1, 0.15) is 0 Å². The molecule has 3 aromatic rings. The van der Waals surface area contributed by atoms with Gasteiger partial charge < -0.3 is 10.6 Å². The van der Waals surface area contributed by atoms with Crippen molar-refractivity contribution in [3.05, 3.63) is 77.1 Å². The van der Waals surface area contributed by atoms with Gasteiger partial charge in [-0.3, -0.25) is 14.3 Å². The minimum Gasteiger partial charge on any atom is -0.325 e. The minimum atomic E-state index is -0.309. The molecule has 2 aromatic carbocycles. The first kappa shape index (κ1) is 18.7. The number of anilines is 2. The molecule has 0 saturated heterocycles. The lowest BCUT2D eigenvalue weighted by Crippen LogP contribution is -2.19. The van der Waals surface area contributed by atoms with E-state index in [4.69, 9.17) is 11.6 Å². The zero-order valence-corrected chi connectivity index (χ0v) is 15.5. The number of aryl methyl sites for hydroxylation is 2. The van der Waals surface area contributed by atoms with Gasteiger partial charge in [-0.15, -0.1) is 0 Å². The molecular weight excluding hydrogens is 364 g/mol. The van der Waals surface area contributed by atoms with Crippen molar-refractivity contribution >= 4 is 34.8 Å². The Bertz CT molecular complexity index is 951. The van der Waals surface area contributed by atoms with Gasteiger partial charge in [-0.2, -0.15) is 5.10 Å². The van der Waals surface area contributed by atoms with Crippen molar-refractivity contribution in [2.45, 2.75) is 19.9 Å². The van der Waals surface area contributed by atoms with E-state index in [-0.39, 0.29) is 18.2 Å². The van der Waals surface area contributed by atoms with E-state index in [1.807, 2.05) is 13.1 Å². The molecule has 0 aliphatic carbocycles. The van der Waals surface area contributed by atoms with Gasteiger partial charge in [0, 0.05) is 29.9 Å². The third-order valence-corrected chi connectivity index (χ3v) is 4.13. The molecule has 0 unspecified atom stereocenters. The maximum absolute atomic E-state index is 12.6. The molecule has 138 valence electrons. The number of hydrogen-bond acceptors (Lipinski definition) is 3. The molecule has 3 rings (SSSR count). The van der Waals surface area contributed by atoms with E-state index in [1.165, 1.54) is 0 Å². The molecule has 0 aliphatic heterocycles. The molecular formula is C20H19ClN4O2. The van der Waals surface area contributed by atoms with Crippen molar-refractivity contribution in [2.75, 3.05) is 10.6 Å². The predicted octanol–water partition coefficient (Wildman–Crippen LogP) is 4.13. The first-order valence-corrected chi connectivity index (χ1v) is 8.84. The van der Waals surface area contributed by atoms with Crippen molar-refractivity contribution in [2.24, 2.45) is 0 Å². The first-order chi connectivity index (χ1) is 13.0. The fraction of sp³-hybridized carbons (Fsp3) is 0.150. The molecule has 27 heavy (non-hydrogen) atoms. The number of halogens is 1. The average Bonchev–Trinajstić information content (AvgIpc) is 3.08. The summed E-state index contributed by atoms with van der Waals surface area (Å²) in [7, 11) is 0. The van der Waals surface area contributed by atoms with Gasteiger partial charge in [0.2, 0.25) is 5.91 Å². The van der Waals surface area contributed by atoms with Gasteiger partial charge in [0.25, 0.3) is 5.91 Å². The number of carbonyl (C=O) groups is 2. The fourth-order valence-corrected chi connectivity index (χ4v) is 2.67. The van der Waals surface area contributed by atoms with Gasteiger partial charge in [0.15, 0.2) is 0 Å². The summed E-state index contributed by atoms with van der Waals surface area (Å²) in [5.41, 5.74) is 2.51. The maximum atomic E-state index is 12.6. The molecule has 0 spiro atoms. The summed E-state index contributed by atoms with van der Waals surface area (Å²) in [5, 5.41) is 10.3. The highest BCUT2D eigenvalue weighted by molar-refractivity contribution is 6.30. The quantitative estimate of drug-likeness (QED) is 0.673. The number of carbonyl (C=O) groups excluding carboxylic acids is 2. The number of nitrogens with zero attached hydrogens (tertiary/aromatic N) is 2. The molecule has 1 aromatic heterocycles. The Morgan fingerprint density at radius 2 is 1.81 bits per heavy atom. The van der Waals surface area contributed by atoms with Gasteiger partial charge in [0.05, 0.1) is 17.4 Å². The normalized spacial score (nSPS) is 10.4. The Morgan fingerprint density at radius 1 is 1.07 bits per heavy atom. The standard InChI is InChI=1S/C20H19ClN4O2/c1-14-12-22-25(13-14)11-10-19(26)24-18-5-3-2-4-17(18)20(27)23-16-8-6-15(21)7-9-16/h2-9,12-13H,10-11H2,1H3,(H,23,27)(H,24,26). The van der Waals surface area contributed by atoms with Crippen molar-refractivity contribution in [1.82, 2.24) is 9.78 Å². The fourth-order valence-electron chi connectivity index (χ4n) is 2.54. The largest absolute Gasteiger partial charge is 0.325 e. The number of rotatable bonds is 6. The molecule has 0 saturated carbocycles. The SMILES string of the molecule is Cc1cnn(CCC(=O)Nc2ccccc2C(=O)Nc2ccc(Cl)cc2)c1. The van der Waals surface area contributed by atoms with Crippen molar-refractivity contribution in [1.29, 1.82) is 0 Å². The van der Waals surface area contributed by atoms with Crippen LogP contribution in [0.4, 0.5) is 11.4 Å². The Balaban J connectivity index is 1.64. The van der Waals surface area contributed by atoms with Crippen LogP contribution in [0, 0.1) is 6.92 Å². The highest BCUT2D eigenvalue weighted by Gasteiger charge is 2.13. The Kier molecular flexibility index (Phi) is 5.88. The van der Waals surface area contributed by atoms with Crippen LogP contribution in [0.5, 0.6) is 0 Å². The van der Waals surface area contributed by atoms with Gasteiger partial charge in [-0.05, 0) is 48.9 Å². The Labute approximate surface area is 162 Å². The smallest absolute Gasteiger partial charge is 0.257 e. The summed E-state index contributed by atoms with van der Waals surface area (Å²) >= 11 is 5.86. The molecule has 0 radical (unpaired) electrons. The summed E-state index contributed by atoms with van der Waals surface area (Å²) < 4.78 is 1.72. The van der Waals surface area contributed by atoms with Crippen molar-refractivity contribution in [3.63, 3.8) is 0 Å². The number of aromatic nitrogens is 2. The molecule has 2 amide bonds.